The lowest BCUT2D eigenvalue weighted by atomic mass is 11.7. The van der Waals surface area contributed by atoms with Crippen LogP contribution < -0.4 is 0 Å². The Morgan fingerprint density at radius 2 is 1.60 bits per heavy atom. The minimum atomic E-state index is 1.10. The van der Waals surface area contributed by atoms with Gasteiger partial charge in [-0.2, -0.15) is 0 Å². The van der Waals surface area contributed by atoms with Crippen molar-refractivity contribution >= 4 is 30.7 Å². The second-order valence-corrected chi connectivity index (χ2v) is 9.88. The summed E-state index contributed by atoms with van der Waals surface area (Å²) in [5.74, 6) is 0. The van der Waals surface area contributed by atoms with E-state index in [0.29, 0.717) is 0 Å². The summed E-state index contributed by atoms with van der Waals surface area (Å²) in [6.45, 7) is 0. The Bertz CT molecular complexity index is 119. The first kappa shape index (κ1) is 2.38. The van der Waals surface area contributed by atoms with Crippen molar-refractivity contribution in [3.8, 4) is 0 Å². The van der Waals surface area contributed by atoms with Gasteiger partial charge in [-0.05, 0) is 0 Å². The second kappa shape index (κ2) is 0.420. The monoisotopic (exact) mass is 122 g/mol. The molecule has 3 heteroatoms. The van der Waals surface area contributed by atoms with E-state index in [-0.39, 0.29) is 0 Å². The molecule has 0 spiro atoms. The molecule has 4 aliphatic heterocycles. The van der Waals surface area contributed by atoms with Gasteiger partial charge >= 0.3 is 0 Å². The zero-order valence-corrected chi connectivity index (χ0v) is 4.83. The third kappa shape index (κ3) is 0.106. The van der Waals surface area contributed by atoms with Gasteiger partial charge in [0.2, 0.25) is 0 Å². The zero-order valence-electron chi connectivity index (χ0n) is 2.38. The molecule has 0 atom stereocenters. The fourth-order valence-electron chi connectivity index (χ4n) is 0.620. The van der Waals surface area contributed by atoms with Crippen molar-refractivity contribution < 1.29 is 0 Å². The lowest BCUT2D eigenvalue weighted by molar-refractivity contribution is 1.76. The predicted molar refractivity (Wildman–Crippen MR) is 29.9 cm³/mol. The zero-order chi connectivity index (χ0) is 3.02. The molecule has 0 nitrogen and oxygen atoms in total. The van der Waals surface area contributed by atoms with Crippen LogP contribution in [0.1, 0.15) is 0 Å². The van der Waals surface area contributed by atoms with Crippen molar-refractivity contribution in [1.82, 2.24) is 0 Å². The van der Waals surface area contributed by atoms with Crippen molar-refractivity contribution in [3.63, 3.8) is 0 Å². The highest BCUT2D eigenvalue weighted by Crippen LogP contribution is 2.73. The molecule has 0 amide bonds. The van der Waals surface area contributed by atoms with Crippen LogP contribution in [0.25, 0.3) is 0 Å². The van der Waals surface area contributed by atoms with Crippen LogP contribution in [0.2, 0.25) is 0 Å². The number of thioether (sulfide) groups is 1. The van der Waals surface area contributed by atoms with Gasteiger partial charge in [-0.1, -0.05) is 0 Å². The topological polar surface area (TPSA) is 0 Å². The molecule has 5 heavy (non-hydrogen) atoms. The Morgan fingerprint density at radius 1 is 1.20 bits per heavy atom. The molecule has 2 saturated heterocycles. The van der Waals surface area contributed by atoms with E-state index in [1.165, 1.54) is 7.83 Å². The maximum Gasteiger partial charge on any atom is 0.101 e. The van der Waals surface area contributed by atoms with E-state index in [1.807, 2.05) is 0 Å². The molecule has 0 unspecified atom stereocenters. The average Bonchev–Trinajstić information content (AvgIpc) is 1.69. The Hall–Kier alpha value is 1.05. The molecular formula is C2H2S3. The van der Waals surface area contributed by atoms with Crippen LogP contribution in [0.4, 0.5) is 0 Å². The van der Waals surface area contributed by atoms with Gasteiger partial charge in [-0.3, -0.25) is 0 Å². The van der Waals surface area contributed by atoms with Gasteiger partial charge in [-0.25, -0.2) is 0 Å². The standard InChI is InChI=1S/C2H2S3/c3-1-4-2(3)5(1)4/h1-2H. The third-order valence-electron chi connectivity index (χ3n) is 1.13. The van der Waals surface area contributed by atoms with Crippen molar-refractivity contribution in [1.29, 1.82) is 0 Å². The highest BCUT2D eigenvalue weighted by Gasteiger charge is 2.71. The molecule has 4 rings (SSSR count). The Kier molecular flexibility index (Phi) is 0.200. The van der Waals surface area contributed by atoms with E-state index >= 15 is 0 Å². The SMILES string of the molecule is S1C2S3=S2C13. The summed E-state index contributed by atoms with van der Waals surface area (Å²) in [5, 5.41) is 0. The summed E-state index contributed by atoms with van der Waals surface area (Å²) >= 11 is 2.22. The lowest BCUT2D eigenvalue weighted by Gasteiger charge is -2.24. The van der Waals surface area contributed by atoms with Crippen molar-refractivity contribution in [3.05, 3.63) is 0 Å². The summed E-state index contributed by atoms with van der Waals surface area (Å²) in [7, 11) is 2.20. The number of hydrogen-bond donors (Lipinski definition) is 0. The number of hydrogen-bond acceptors (Lipinski definition) is 1. The first-order valence-corrected chi connectivity index (χ1v) is 5.74. The summed E-state index contributed by atoms with van der Waals surface area (Å²) in [5.41, 5.74) is 0. The Morgan fingerprint density at radius 3 is 1.60 bits per heavy atom. The largest absolute Gasteiger partial charge is 0.111 e. The van der Waals surface area contributed by atoms with Gasteiger partial charge in [0.25, 0.3) is 0 Å². The molecule has 4 aliphatic rings. The van der Waals surface area contributed by atoms with Crippen molar-refractivity contribution in [2.45, 2.75) is 7.83 Å². The van der Waals surface area contributed by atoms with Crippen LogP contribution in [0.5, 0.6) is 0 Å². The van der Waals surface area contributed by atoms with Gasteiger partial charge < -0.3 is 0 Å². The van der Waals surface area contributed by atoms with E-state index in [4.69, 9.17) is 0 Å². The molecule has 0 radical (unpaired) electrons. The van der Waals surface area contributed by atoms with Crippen LogP contribution in [-0.4, -0.2) is 7.83 Å². The number of rotatable bonds is 0. The van der Waals surface area contributed by atoms with Crippen molar-refractivity contribution in [2.24, 2.45) is 0 Å². The first-order valence-electron chi connectivity index (χ1n) is 1.58. The molecule has 0 aromatic heterocycles. The molecule has 0 N–H and O–H groups in total. The van der Waals surface area contributed by atoms with Gasteiger partial charge in [-0.15, -0.1) is 30.7 Å². The Balaban J connectivity index is 2.50. The molecule has 2 bridgehead atoms. The van der Waals surface area contributed by atoms with E-state index < -0.39 is 0 Å². The van der Waals surface area contributed by atoms with Gasteiger partial charge in [0.05, 0.1) is 0 Å². The summed E-state index contributed by atoms with van der Waals surface area (Å²) < 4.78 is 2.53. The van der Waals surface area contributed by atoms with Crippen molar-refractivity contribution in [2.75, 3.05) is 0 Å². The van der Waals surface area contributed by atoms with E-state index in [0.717, 1.165) is 18.9 Å². The first-order chi connectivity index (χ1) is 2.48. The smallest absolute Gasteiger partial charge is 0.101 e. The summed E-state index contributed by atoms with van der Waals surface area (Å²) in [4.78, 5) is 0. The van der Waals surface area contributed by atoms with Crippen LogP contribution in [0.15, 0.2) is 0 Å². The molecule has 2 fully saturated rings. The highest BCUT2D eigenvalue weighted by atomic mass is 33.0. The van der Waals surface area contributed by atoms with Gasteiger partial charge in [0.15, 0.2) is 0 Å². The van der Waals surface area contributed by atoms with Gasteiger partial charge in [0, 0.05) is 0 Å². The van der Waals surface area contributed by atoms with E-state index in [2.05, 4.69) is 11.8 Å². The lowest BCUT2D eigenvalue weighted by Crippen LogP contribution is -2.25. The molecule has 0 aromatic carbocycles. The van der Waals surface area contributed by atoms with Crippen LogP contribution in [0.3, 0.4) is 0 Å². The molecule has 0 aromatic rings. The average molecular weight is 122 g/mol. The second-order valence-electron chi connectivity index (χ2n) is 1.37. The third-order valence-corrected chi connectivity index (χ3v) is 13.0. The minimum absolute atomic E-state index is 1.10. The molecular weight excluding hydrogens is 120 g/mol. The van der Waals surface area contributed by atoms with Crippen LogP contribution in [0, 0.1) is 0 Å². The maximum absolute atomic E-state index is 2.22. The fraction of sp³-hybridized carbons (Fsp3) is 1.00. The molecule has 0 saturated carbocycles. The molecule has 0 aliphatic carbocycles. The summed E-state index contributed by atoms with van der Waals surface area (Å²) in [6, 6.07) is 0. The van der Waals surface area contributed by atoms with E-state index in [9.17, 15) is 0 Å². The molecule has 4 heterocycles. The predicted octanol–water partition coefficient (Wildman–Crippen LogP) is 0.479. The van der Waals surface area contributed by atoms with Gasteiger partial charge in [0.1, 0.15) is 7.83 Å². The van der Waals surface area contributed by atoms with Crippen LogP contribution >= 0.6 is 11.8 Å². The highest BCUT2D eigenvalue weighted by molar-refractivity contribution is 8.93. The minimum Gasteiger partial charge on any atom is -0.111 e. The normalized spacial score (nSPS) is 91.2. The summed E-state index contributed by atoms with van der Waals surface area (Å²) in [6.07, 6.45) is 0. The quantitative estimate of drug-likeness (QED) is 0.450. The van der Waals surface area contributed by atoms with Crippen LogP contribution in [-0.2, 0) is 18.9 Å². The maximum atomic E-state index is 2.22. The Labute approximate surface area is 38.8 Å². The molecule has 28 valence electrons. The fourth-order valence-corrected chi connectivity index (χ4v) is 13.7. The van der Waals surface area contributed by atoms with E-state index in [1.54, 1.807) is 0 Å².